The lowest BCUT2D eigenvalue weighted by Crippen LogP contribution is -2.50. The van der Waals surface area contributed by atoms with Crippen LogP contribution in [-0.4, -0.2) is 67.3 Å². The van der Waals surface area contributed by atoms with Crippen LogP contribution in [0.4, 0.5) is 5.69 Å². The Bertz CT molecular complexity index is 620. The number of hydrogen-bond donors (Lipinski definition) is 1. The molecule has 0 spiro atoms. The van der Waals surface area contributed by atoms with E-state index in [-0.39, 0.29) is 28.7 Å². The zero-order valence-electron chi connectivity index (χ0n) is 16.7. The van der Waals surface area contributed by atoms with E-state index < -0.39 is 0 Å². The number of anilines is 1. The summed E-state index contributed by atoms with van der Waals surface area (Å²) < 4.78 is 5.78. The molecule has 0 amide bonds. The van der Waals surface area contributed by atoms with Gasteiger partial charge in [-0.15, -0.1) is 24.0 Å². The summed E-state index contributed by atoms with van der Waals surface area (Å²) in [7, 11) is 0. The Morgan fingerprint density at radius 1 is 1.22 bits per heavy atom. The van der Waals surface area contributed by atoms with Crippen LogP contribution in [-0.2, 0) is 11.3 Å². The molecular formula is C20H33IN4OS. The third kappa shape index (κ3) is 6.42. The summed E-state index contributed by atoms with van der Waals surface area (Å²) in [6, 6.07) is 8.65. The average molecular weight is 504 g/mol. The molecule has 2 aliphatic heterocycles. The van der Waals surface area contributed by atoms with Gasteiger partial charge in [-0.05, 0) is 32.4 Å². The fourth-order valence-corrected chi connectivity index (χ4v) is 4.65. The summed E-state index contributed by atoms with van der Waals surface area (Å²) in [6.07, 6.45) is 0. The number of nitrogens with one attached hydrogen (secondary N) is 1. The first kappa shape index (κ1) is 22.6. The molecule has 0 radical (unpaired) electrons. The molecule has 3 rings (SSSR count). The van der Waals surface area contributed by atoms with Gasteiger partial charge in [0.15, 0.2) is 5.96 Å². The predicted molar refractivity (Wildman–Crippen MR) is 128 cm³/mol. The number of morpholine rings is 1. The minimum Gasteiger partial charge on any atom is -0.378 e. The number of benzene rings is 1. The van der Waals surface area contributed by atoms with Gasteiger partial charge in [-0.2, -0.15) is 11.8 Å². The molecule has 0 aromatic heterocycles. The predicted octanol–water partition coefficient (Wildman–Crippen LogP) is 3.43. The zero-order chi connectivity index (χ0) is 18.4. The molecule has 0 atom stereocenters. The third-order valence-electron chi connectivity index (χ3n) is 4.80. The zero-order valence-corrected chi connectivity index (χ0v) is 19.9. The van der Waals surface area contributed by atoms with Crippen LogP contribution in [0, 0.1) is 0 Å². The molecule has 1 N–H and O–H groups in total. The Kier molecular flexibility index (Phi) is 9.01. The second kappa shape index (κ2) is 10.8. The molecule has 0 aliphatic carbocycles. The van der Waals surface area contributed by atoms with E-state index in [0.29, 0.717) is 6.54 Å². The van der Waals surface area contributed by atoms with Crippen molar-refractivity contribution in [3.05, 3.63) is 29.8 Å². The summed E-state index contributed by atoms with van der Waals surface area (Å²) in [5.41, 5.74) is 2.58. The van der Waals surface area contributed by atoms with Crippen molar-refractivity contribution in [3.8, 4) is 0 Å². The molecule has 2 aliphatic rings. The second-order valence-electron chi connectivity index (χ2n) is 7.43. The lowest BCUT2D eigenvalue weighted by molar-refractivity contribution is 0.122. The molecule has 0 unspecified atom stereocenters. The fraction of sp³-hybridized carbons (Fsp3) is 0.650. The van der Waals surface area contributed by atoms with E-state index >= 15 is 0 Å². The van der Waals surface area contributed by atoms with E-state index in [1.165, 1.54) is 11.3 Å². The van der Waals surface area contributed by atoms with Gasteiger partial charge in [0.05, 0.1) is 19.8 Å². The number of aliphatic imine (C=N–C) groups is 1. The highest BCUT2D eigenvalue weighted by molar-refractivity contribution is 14.0. The lowest BCUT2D eigenvalue weighted by atomic mass is 10.1. The summed E-state index contributed by atoms with van der Waals surface area (Å²) in [5.74, 6) is 2.19. The first-order valence-electron chi connectivity index (χ1n) is 9.67. The van der Waals surface area contributed by atoms with E-state index in [2.05, 4.69) is 71.9 Å². The fourth-order valence-electron chi connectivity index (χ4n) is 3.54. The van der Waals surface area contributed by atoms with Gasteiger partial charge in [0.2, 0.25) is 0 Å². The number of halogens is 1. The summed E-state index contributed by atoms with van der Waals surface area (Å²) in [4.78, 5) is 9.83. The number of para-hydroxylation sites is 1. The van der Waals surface area contributed by atoms with Crippen LogP contribution >= 0.6 is 35.7 Å². The first-order chi connectivity index (χ1) is 12.6. The van der Waals surface area contributed by atoms with E-state index in [1.54, 1.807) is 0 Å². The van der Waals surface area contributed by atoms with Crippen LogP contribution in [0.3, 0.4) is 0 Å². The Morgan fingerprint density at radius 2 is 1.96 bits per heavy atom. The van der Waals surface area contributed by atoms with Gasteiger partial charge in [-0.3, -0.25) is 0 Å². The van der Waals surface area contributed by atoms with Crippen LogP contribution in [0.25, 0.3) is 0 Å². The number of hydrogen-bond acceptors (Lipinski definition) is 4. The van der Waals surface area contributed by atoms with Gasteiger partial charge >= 0.3 is 0 Å². The number of rotatable bonds is 4. The maximum Gasteiger partial charge on any atom is 0.194 e. The molecule has 7 heteroatoms. The molecule has 0 bridgehead atoms. The van der Waals surface area contributed by atoms with Crippen molar-refractivity contribution in [1.29, 1.82) is 0 Å². The van der Waals surface area contributed by atoms with Gasteiger partial charge in [-0.1, -0.05) is 18.2 Å². The lowest BCUT2D eigenvalue weighted by Gasteiger charge is -2.39. The van der Waals surface area contributed by atoms with E-state index in [9.17, 15) is 0 Å². The second-order valence-corrected chi connectivity index (χ2v) is 9.23. The van der Waals surface area contributed by atoms with E-state index in [0.717, 1.165) is 57.6 Å². The normalized spacial score (nSPS) is 20.2. The summed E-state index contributed by atoms with van der Waals surface area (Å²) in [6.45, 7) is 14.0. The van der Waals surface area contributed by atoms with E-state index in [1.807, 2.05) is 0 Å². The topological polar surface area (TPSA) is 40.1 Å². The Labute approximate surface area is 185 Å². The molecule has 5 nitrogen and oxygen atoms in total. The molecule has 2 saturated heterocycles. The largest absolute Gasteiger partial charge is 0.378 e. The molecule has 0 saturated carbocycles. The van der Waals surface area contributed by atoms with Crippen molar-refractivity contribution in [1.82, 2.24) is 10.2 Å². The van der Waals surface area contributed by atoms with Crippen molar-refractivity contribution >= 4 is 47.4 Å². The van der Waals surface area contributed by atoms with Crippen molar-refractivity contribution in [2.24, 2.45) is 4.99 Å². The van der Waals surface area contributed by atoms with Gasteiger partial charge in [0.25, 0.3) is 0 Å². The molecule has 2 fully saturated rings. The monoisotopic (exact) mass is 504 g/mol. The molecular weight excluding hydrogens is 471 g/mol. The highest BCUT2D eigenvalue weighted by Crippen LogP contribution is 2.29. The minimum atomic E-state index is 0. The quantitative estimate of drug-likeness (QED) is 0.387. The van der Waals surface area contributed by atoms with Crippen molar-refractivity contribution < 1.29 is 4.74 Å². The number of nitrogens with zero attached hydrogens (tertiary/aromatic N) is 3. The Hall–Kier alpha value is -0.670. The van der Waals surface area contributed by atoms with Crippen LogP contribution in [0.5, 0.6) is 0 Å². The van der Waals surface area contributed by atoms with Crippen molar-refractivity contribution in [2.45, 2.75) is 32.1 Å². The van der Waals surface area contributed by atoms with Crippen LogP contribution in [0.1, 0.15) is 26.3 Å². The van der Waals surface area contributed by atoms with Gasteiger partial charge in [0.1, 0.15) is 0 Å². The Balaban J connectivity index is 0.00000261. The summed E-state index contributed by atoms with van der Waals surface area (Å²) in [5, 5.41) is 3.49. The maximum absolute atomic E-state index is 5.50. The summed E-state index contributed by atoms with van der Waals surface area (Å²) >= 11 is 2.05. The van der Waals surface area contributed by atoms with Crippen molar-refractivity contribution in [3.63, 3.8) is 0 Å². The van der Waals surface area contributed by atoms with Crippen LogP contribution in [0.15, 0.2) is 29.3 Å². The third-order valence-corrected chi connectivity index (χ3v) is 6.10. The van der Waals surface area contributed by atoms with Gasteiger partial charge < -0.3 is 19.9 Å². The molecule has 27 heavy (non-hydrogen) atoms. The first-order valence-corrected chi connectivity index (χ1v) is 10.7. The standard InChI is InChI=1S/C20H32N4OS.HI/c1-4-21-19(24-11-14-26-20(2,3)16-24)22-15-17-7-5-6-8-18(17)23-9-12-25-13-10-23;/h5-8H,4,9-16H2,1-3H3,(H,21,22);1H. The SMILES string of the molecule is CCNC(=NCc1ccccc1N1CCOCC1)N1CCSC(C)(C)C1.I. The van der Waals surface area contributed by atoms with Crippen LogP contribution in [0.2, 0.25) is 0 Å². The number of thioether (sulfide) groups is 1. The minimum absolute atomic E-state index is 0. The van der Waals surface area contributed by atoms with Crippen LogP contribution < -0.4 is 10.2 Å². The van der Waals surface area contributed by atoms with Gasteiger partial charge in [-0.25, -0.2) is 4.99 Å². The Morgan fingerprint density at radius 3 is 2.67 bits per heavy atom. The number of ether oxygens (including phenoxy) is 1. The van der Waals surface area contributed by atoms with E-state index in [4.69, 9.17) is 9.73 Å². The smallest absolute Gasteiger partial charge is 0.194 e. The van der Waals surface area contributed by atoms with Crippen molar-refractivity contribution in [2.75, 3.05) is 56.6 Å². The number of guanidine groups is 1. The highest BCUT2D eigenvalue weighted by atomic mass is 127. The molecule has 1 aromatic carbocycles. The highest BCUT2D eigenvalue weighted by Gasteiger charge is 2.28. The van der Waals surface area contributed by atoms with Gasteiger partial charge in [0, 0.05) is 48.9 Å². The molecule has 1 aromatic rings. The maximum atomic E-state index is 5.50. The molecule has 152 valence electrons. The average Bonchev–Trinajstić information content (AvgIpc) is 2.65. The molecule has 2 heterocycles.